The smallest absolute Gasteiger partial charge is 0.133 e. The van der Waals surface area contributed by atoms with Crippen molar-refractivity contribution in [3.8, 4) is 0 Å². The molecule has 0 bridgehead atoms. The minimum Gasteiger partial charge on any atom is -0.359 e. The third-order valence-corrected chi connectivity index (χ3v) is 3.10. The molecule has 100 valence electrons. The number of hydrogen-bond donors (Lipinski definition) is 1. The van der Waals surface area contributed by atoms with E-state index in [-0.39, 0.29) is 6.04 Å². The van der Waals surface area contributed by atoms with E-state index in [2.05, 4.69) is 14.9 Å². The van der Waals surface area contributed by atoms with Gasteiger partial charge in [-0.05, 0) is 25.1 Å². The summed E-state index contributed by atoms with van der Waals surface area (Å²) in [4.78, 5) is 10.9. The maximum absolute atomic E-state index is 5.98. The molecule has 0 unspecified atom stereocenters. The molecule has 0 aliphatic rings. The molecule has 0 aliphatic heterocycles. The van der Waals surface area contributed by atoms with E-state index in [4.69, 9.17) is 5.73 Å². The Hall–Kier alpha value is -1.94. The lowest BCUT2D eigenvalue weighted by molar-refractivity contribution is 0.779. The molecule has 0 spiro atoms. The lowest BCUT2D eigenvalue weighted by Crippen LogP contribution is -2.24. The molecule has 4 nitrogen and oxygen atoms in total. The fourth-order valence-electron chi connectivity index (χ4n) is 2.02. The third kappa shape index (κ3) is 3.51. The van der Waals surface area contributed by atoms with Gasteiger partial charge in [0.25, 0.3) is 0 Å². The van der Waals surface area contributed by atoms with Crippen molar-refractivity contribution >= 4 is 5.82 Å². The van der Waals surface area contributed by atoms with Crippen LogP contribution in [0.15, 0.2) is 42.7 Å². The van der Waals surface area contributed by atoms with Gasteiger partial charge in [0.1, 0.15) is 5.82 Å². The summed E-state index contributed by atoms with van der Waals surface area (Å²) in [5.41, 5.74) is 8.15. The number of likely N-dealkylation sites (N-methyl/N-ethyl adjacent to an activating group) is 1. The second-order valence-electron chi connectivity index (χ2n) is 4.70. The van der Waals surface area contributed by atoms with Crippen LogP contribution in [0.3, 0.4) is 0 Å². The monoisotopic (exact) mass is 256 g/mol. The van der Waals surface area contributed by atoms with E-state index < -0.39 is 0 Å². The zero-order chi connectivity index (χ0) is 13.7. The van der Waals surface area contributed by atoms with E-state index in [1.807, 2.05) is 50.5 Å². The van der Waals surface area contributed by atoms with Gasteiger partial charge in [-0.1, -0.05) is 12.1 Å². The topological polar surface area (TPSA) is 55.0 Å². The fraction of sp³-hybridized carbons (Fsp3) is 0.333. The Bertz CT molecular complexity index is 511. The largest absolute Gasteiger partial charge is 0.359 e. The van der Waals surface area contributed by atoms with E-state index in [1.165, 1.54) is 0 Å². The molecule has 0 amide bonds. The average Bonchev–Trinajstić information content (AvgIpc) is 2.46. The van der Waals surface area contributed by atoms with Gasteiger partial charge in [-0.3, -0.25) is 4.98 Å². The highest BCUT2D eigenvalue weighted by molar-refractivity contribution is 5.47. The molecule has 2 rings (SSSR count). The van der Waals surface area contributed by atoms with Crippen LogP contribution in [0.4, 0.5) is 5.82 Å². The first-order valence-electron chi connectivity index (χ1n) is 6.50. The number of nitrogens with zero attached hydrogens (tertiary/aromatic N) is 3. The highest BCUT2D eigenvalue weighted by Crippen LogP contribution is 2.21. The summed E-state index contributed by atoms with van der Waals surface area (Å²) in [7, 11) is 2.04. The van der Waals surface area contributed by atoms with Crippen LogP contribution in [0.5, 0.6) is 0 Å². The van der Waals surface area contributed by atoms with Crippen molar-refractivity contribution in [3.05, 3.63) is 54.0 Å². The normalized spacial score (nSPS) is 12.2. The molecule has 0 aromatic carbocycles. The van der Waals surface area contributed by atoms with Gasteiger partial charge in [0, 0.05) is 49.7 Å². The number of aromatic nitrogens is 2. The molecule has 1 atom stereocenters. The van der Waals surface area contributed by atoms with E-state index in [0.717, 1.165) is 30.0 Å². The number of anilines is 1. The predicted molar refractivity (Wildman–Crippen MR) is 78.1 cm³/mol. The van der Waals surface area contributed by atoms with Crippen molar-refractivity contribution in [2.24, 2.45) is 5.73 Å². The first-order chi connectivity index (χ1) is 9.18. The molecule has 2 aromatic heterocycles. The molecule has 0 saturated heterocycles. The van der Waals surface area contributed by atoms with Crippen molar-refractivity contribution in [1.82, 2.24) is 9.97 Å². The van der Waals surface area contributed by atoms with Crippen LogP contribution in [0.2, 0.25) is 0 Å². The standard InChI is InChI=1S/C15H20N4/c1-12(16)14-7-5-10-18-15(14)19(2)11-8-13-6-3-4-9-17-13/h3-7,9-10,12H,8,11,16H2,1-2H3/t12-/m1/s1. The van der Waals surface area contributed by atoms with Crippen LogP contribution < -0.4 is 10.6 Å². The predicted octanol–water partition coefficient (Wildman–Crippen LogP) is 2.18. The molecule has 4 heteroatoms. The Morgan fingerprint density at radius 2 is 1.95 bits per heavy atom. The molecular weight excluding hydrogens is 236 g/mol. The van der Waals surface area contributed by atoms with Crippen molar-refractivity contribution in [3.63, 3.8) is 0 Å². The maximum Gasteiger partial charge on any atom is 0.133 e. The summed E-state index contributed by atoms with van der Waals surface area (Å²) in [5, 5.41) is 0. The Balaban J connectivity index is 2.06. The number of pyridine rings is 2. The lowest BCUT2D eigenvalue weighted by atomic mass is 10.1. The van der Waals surface area contributed by atoms with Gasteiger partial charge in [-0.15, -0.1) is 0 Å². The van der Waals surface area contributed by atoms with Crippen LogP contribution >= 0.6 is 0 Å². The van der Waals surface area contributed by atoms with Crippen LogP contribution in [-0.4, -0.2) is 23.6 Å². The summed E-state index contributed by atoms with van der Waals surface area (Å²) in [6.45, 7) is 2.85. The Kier molecular flexibility index (Phi) is 4.47. The molecule has 2 aromatic rings. The molecule has 0 aliphatic carbocycles. The zero-order valence-corrected chi connectivity index (χ0v) is 11.5. The van der Waals surface area contributed by atoms with Gasteiger partial charge in [-0.2, -0.15) is 0 Å². The van der Waals surface area contributed by atoms with Gasteiger partial charge in [-0.25, -0.2) is 4.98 Å². The molecule has 0 fully saturated rings. The quantitative estimate of drug-likeness (QED) is 0.891. The first-order valence-corrected chi connectivity index (χ1v) is 6.50. The first kappa shape index (κ1) is 13.5. The van der Waals surface area contributed by atoms with Gasteiger partial charge in [0.2, 0.25) is 0 Å². The summed E-state index contributed by atoms with van der Waals surface area (Å²) >= 11 is 0. The Morgan fingerprint density at radius 3 is 2.63 bits per heavy atom. The Labute approximate surface area is 114 Å². The minimum atomic E-state index is -0.0130. The molecular formula is C15H20N4. The van der Waals surface area contributed by atoms with E-state index >= 15 is 0 Å². The van der Waals surface area contributed by atoms with Crippen molar-refractivity contribution < 1.29 is 0 Å². The number of nitrogens with two attached hydrogens (primary N) is 1. The summed E-state index contributed by atoms with van der Waals surface area (Å²) < 4.78 is 0. The molecule has 0 saturated carbocycles. The SMILES string of the molecule is C[C@@H](N)c1cccnc1N(C)CCc1ccccn1. The summed E-state index contributed by atoms with van der Waals surface area (Å²) in [5.74, 6) is 0.952. The van der Waals surface area contributed by atoms with Gasteiger partial charge in [0.15, 0.2) is 0 Å². The highest BCUT2D eigenvalue weighted by Gasteiger charge is 2.11. The van der Waals surface area contributed by atoms with E-state index in [0.29, 0.717) is 0 Å². The van der Waals surface area contributed by atoms with Crippen LogP contribution in [0.1, 0.15) is 24.2 Å². The van der Waals surface area contributed by atoms with Crippen LogP contribution in [0.25, 0.3) is 0 Å². The van der Waals surface area contributed by atoms with Crippen molar-refractivity contribution in [1.29, 1.82) is 0 Å². The highest BCUT2D eigenvalue weighted by atomic mass is 15.2. The van der Waals surface area contributed by atoms with Crippen molar-refractivity contribution in [2.75, 3.05) is 18.5 Å². The average molecular weight is 256 g/mol. The fourth-order valence-corrected chi connectivity index (χ4v) is 2.02. The second kappa shape index (κ2) is 6.29. The third-order valence-electron chi connectivity index (χ3n) is 3.10. The zero-order valence-electron chi connectivity index (χ0n) is 11.5. The van der Waals surface area contributed by atoms with E-state index in [9.17, 15) is 0 Å². The lowest BCUT2D eigenvalue weighted by Gasteiger charge is -2.22. The summed E-state index contributed by atoms with van der Waals surface area (Å²) in [6.07, 6.45) is 4.52. The van der Waals surface area contributed by atoms with E-state index in [1.54, 1.807) is 6.20 Å². The molecule has 0 radical (unpaired) electrons. The second-order valence-corrected chi connectivity index (χ2v) is 4.70. The van der Waals surface area contributed by atoms with Gasteiger partial charge < -0.3 is 10.6 Å². The van der Waals surface area contributed by atoms with Crippen LogP contribution in [0, 0.1) is 0 Å². The summed E-state index contributed by atoms with van der Waals surface area (Å²) in [6, 6.07) is 9.93. The minimum absolute atomic E-state index is 0.0130. The number of rotatable bonds is 5. The van der Waals surface area contributed by atoms with Gasteiger partial charge in [0.05, 0.1) is 0 Å². The molecule has 2 heterocycles. The molecule has 2 N–H and O–H groups in total. The van der Waals surface area contributed by atoms with Crippen molar-refractivity contribution in [2.45, 2.75) is 19.4 Å². The van der Waals surface area contributed by atoms with Crippen LogP contribution in [-0.2, 0) is 6.42 Å². The Morgan fingerprint density at radius 1 is 1.16 bits per heavy atom. The molecule has 19 heavy (non-hydrogen) atoms. The maximum atomic E-state index is 5.98. The number of hydrogen-bond acceptors (Lipinski definition) is 4. The van der Waals surface area contributed by atoms with Gasteiger partial charge >= 0.3 is 0 Å².